The Morgan fingerprint density at radius 2 is 2.00 bits per heavy atom. The number of carbonyl (C=O) groups excluding carboxylic acids is 1. The van der Waals surface area contributed by atoms with Gasteiger partial charge in [-0.05, 0) is 0 Å². The Hall–Kier alpha value is 0.213. The Kier molecular flexibility index (Phi) is 3.34. The molecule has 6 heteroatoms. The van der Waals surface area contributed by atoms with E-state index in [0.29, 0.717) is 16.9 Å². The van der Waals surface area contributed by atoms with Gasteiger partial charge in [-0.3, -0.25) is 0 Å². The van der Waals surface area contributed by atoms with Crippen LogP contribution in [-0.2, 0) is 26.4 Å². The molecule has 0 radical (unpaired) electrons. The second kappa shape index (κ2) is 3.25. The summed E-state index contributed by atoms with van der Waals surface area (Å²) in [5.74, 6) is 0. The van der Waals surface area contributed by atoms with Gasteiger partial charge in [-0.1, -0.05) is 0 Å². The van der Waals surface area contributed by atoms with Crippen LogP contribution < -0.4 is 0 Å². The van der Waals surface area contributed by atoms with E-state index >= 15 is 0 Å². The first-order chi connectivity index (χ1) is 3.13. The van der Waals surface area contributed by atoms with E-state index in [1.165, 1.54) is 0 Å². The van der Waals surface area contributed by atoms with Crippen molar-refractivity contribution in [1.82, 2.24) is 0 Å². The molecule has 0 aromatic rings. The molecule has 0 N–H and O–H groups in total. The van der Waals surface area contributed by atoms with Gasteiger partial charge in [0.25, 0.3) is 0 Å². The number of carbonyl (C=O) groups is 1. The van der Waals surface area contributed by atoms with Crippen LogP contribution in [0.5, 0.6) is 0 Å². The van der Waals surface area contributed by atoms with Gasteiger partial charge in [-0.2, -0.15) is 0 Å². The minimum absolute atomic E-state index is 0.636. The summed E-state index contributed by atoms with van der Waals surface area (Å²) in [5.41, 5.74) is 0. The molecule has 0 rings (SSSR count). The van der Waals surface area contributed by atoms with E-state index in [4.69, 9.17) is 0 Å². The van der Waals surface area contributed by atoms with Gasteiger partial charge in [0, 0.05) is 0 Å². The first kappa shape index (κ1) is 7.21. The first-order valence-electron chi connectivity index (χ1n) is 1.24. The van der Waals surface area contributed by atoms with E-state index in [1.54, 1.807) is 0 Å². The van der Waals surface area contributed by atoms with E-state index < -0.39 is 20.2 Å². The molecule has 7 heavy (non-hydrogen) atoms. The topological polar surface area (TPSA) is 60.4 Å². The fourth-order valence-corrected chi connectivity index (χ4v) is 1.05. The molecule has 0 aliphatic rings. The van der Waals surface area contributed by atoms with Gasteiger partial charge < -0.3 is 0 Å². The van der Waals surface area contributed by atoms with Crippen LogP contribution in [0.1, 0.15) is 0 Å². The third-order valence-corrected chi connectivity index (χ3v) is 1.59. The Labute approximate surface area is 53.1 Å². The van der Waals surface area contributed by atoms with Crippen LogP contribution in [0.3, 0.4) is 0 Å². The van der Waals surface area contributed by atoms with Gasteiger partial charge in [0.2, 0.25) is 0 Å². The number of rotatable bonds is 1. The van der Waals surface area contributed by atoms with Crippen molar-refractivity contribution < 1.29 is 31.2 Å². The Balaban J connectivity index is 3.53. The van der Waals surface area contributed by atoms with E-state index in [2.05, 4.69) is 3.66 Å². The molecule has 1 unspecified atom stereocenters. The molecule has 0 heterocycles. The molecule has 0 aromatic carbocycles. The second-order valence-electron chi connectivity index (χ2n) is 0.634. The quantitative estimate of drug-likeness (QED) is 0.513. The van der Waals surface area contributed by atoms with Gasteiger partial charge >= 0.3 is 52.8 Å². The Morgan fingerprint density at radius 1 is 1.57 bits per heavy atom. The molecule has 0 amide bonds. The summed E-state index contributed by atoms with van der Waals surface area (Å²) in [7, 11) is 0. The molecule has 0 aliphatic carbocycles. The van der Waals surface area contributed by atoms with E-state index in [-0.39, 0.29) is 0 Å². The molecule has 4 nitrogen and oxygen atoms in total. The van der Waals surface area contributed by atoms with Crippen LogP contribution in [0.4, 0.5) is 4.79 Å². The van der Waals surface area contributed by atoms with Crippen molar-refractivity contribution in [3.8, 4) is 0 Å². The van der Waals surface area contributed by atoms with Crippen LogP contribution in [0.25, 0.3) is 0 Å². The molecule has 1 atom stereocenters. The normalized spacial score (nSPS) is 7.57. The average molecular weight is 204 g/mol. The fraction of sp³-hybridized carbons (Fsp3) is 0. The van der Waals surface area contributed by atoms with Crippen LogP contribution >= 0.6 is 0 Å². The van der Waals surface area contributed by atoms with E-state index in [1.807, 2.05) is 0 Å². The SMILES string of the molecule is O=C([AsH2])[O][V](=[O])=[O]. The van der Waals surface area contributed by atoms with E-state index in [0.717, 1.165) is 0 Å². The molecule has 0 aliphatic heterocycles. The average Bonchev–Trinajstić information content (AvgIpc) is 1.27. The molecule has 0 aromatic heterocycles. The predicted molar refractivity (Wildman–Crippen MR) is 16.4 cm³/mol. The third-order valence-electron chi connectivity index (χ3n) is 0.165. The molecule has 0 fully saturated rings. The summed E-state index contributed by atoms with van der Waals surface area (Å²) in [6, 6.07) is 0. The van der Waals surface area contributed by atoms with E-state index in [9.17, 15) is 12.1 Å². The molecule has 0 saturated heterocycles. The van der Waals surface area contributed by atoms with Gasteiger partial charge in [-0.15, -0.1) is 0 Å². The van der Waals surface area contributed by atoms with Crippen LogP contribution in [0, 0.1) is 0 Å². The Morgan fingerprint density at radius 3 is 2.00 bits per heavy atom. The minimum atomic E-state index is -3.62. The second-order valence-corrected chi connectivity index (χ2v) is 2.61. The van der Waals surface area contributed by atoms with Crippen molar-refractivity contribution in [2.24, 2.45) is 0 Å². The van der Waals surface area contributed by atoms with Crippen molar-refractivity contribution in [1.29, 1.82) is 0 Å². The maximum absolute atomic E-state index is 9.70. The van der Waals surface area contributed by atoms with Crippen LogP contribution in [0.2, 0.25) is 0 Å². The summed E-state index contributed by atoms with van der Waals surface area (Å²) in [5, 5.41) is 0. The van der Waals surface area contributed by atoms with Crippen molar-refractivity contribution in [3.05, 3.63) is 0 Å². The molecule has 40 valence electrons. The maximum atomic E-state index is 9.70. The van der Waals surface area contributed by atoms with Crippen molar-refractivity contribution in [2.45, 2.75) is 0 Å². The molecule has 0 bridgehead atoms. The standard InChI is InChI=1S/CH3AsO2.2O.V/c2-1(3)4;;;/h2H2,(H,3,4);;;/q;;;+1/p-1. The van der Waals surface area contributed by atoms with Gasteiger partial charge in [-0.25, -0.2) is 0 Å². The summed E-state index contributed by atoms with van der Waals surface area (Å²) in [6.45, 7) is 0. The monoisotopic (exact) mass is 204 g/mol. The van der Waals surface area contributed by atoms with Crippen LogP contribution in [0.15, 0.2) is 0 Å². The summed E-state index contributed by atoms with van der Waals surface area (Å²) in [6.07, 6.45) is 0. The zero-order valence-corrected chi connectivity index (χ0v) is 6.98. The summed E-state index contributed by atoms with van der Waals surface area (Å²) in [4.78, 5) is 9.70. The predicted octanol–water partition coefficient (Wildman–Crippen LogP) is -1.02. The Bertz CT molecular complexity index is 129. The molecule has 0 saturated carbocycles. The van der Waals surface area contributed by atoms with Crippen molar-refractivity contribution >= 4 is 21.6 Å². The molecular formula is CH2AsO4V. The van der Waals surface area contributed by atoms with Crippen molar-refractivity contribution in [3.63, 3.8) is 0 Å². The molecular weight excluding hydrogens is 202 g/mol. The fourth-order valence-electron chi connectivity index (χ4n) is 0.0735. The first-order valence-corrected chi connectivity index (χ1v) is 4.17. The zero-order chi connectivity index (χ0) is 5.86. The molecule has 0 spiro atoms. The van der Waals surface area contributed by atoms with Crippen molar-refractivity contribution in [2.75, 3.05) is 0 Å². The van der Waals surface area contributed by atoms with Gasteiger partial charge in [0.15, 0.2) is 0 Å². The summed E-state index contributed by atoms with van der Waals surface area (Å²) < 4.78 is 22.0. The third kappa shape index (κ3) is 6.21. The number of hydrogen-bond donors (Lipinski definition) is 0. The zero-order valence-electron chi connectivity index (χ0n) is 3.16. The number of hydrogen-bond acceptors (Lipinski definition) is 4. The summed E-state index contributed by atoms with van der Waals surface area (Å²) >= 11 is -2.98. The van der Waals surface area contributed by atoms with Crippen LogP contribution in [-0.4, -0.2) is 21.6 Å². The van der Waals surface area contributed by atoms with Gasteiger partial charge in [0.1, 0.15) is 0 Å². The van der Waals surface area contributed by atoms with Gasteiger partial charge in [0.05, 0.1) is 0 Å².